The van der Waals surface area contributed by atoms with Crippen molar-refractivity contribution in [2.45, 2.75) is 115 Å². The summed E-state index contributed by atoms with van der Waals surface area (Å²) in [6, 6.07) is 1.47. The van der Waals surface area contributed by atoms with Crippen molar-refractivity contribution in [2.75, 3.05) is 44.3 Å². The molecule has 0 saturated carbocycles. The number of nitrogens with zero attached hydrogens (tertiary/aromatic N) is 2. The first-order valence-corrected chi connectivity index (χ1v) is 20.2. The quantitative estimate of drug-likeness (QED) is 0.0666. The molecule has 0 radical (unpaired) electrons. The molecule has 4 atom stereocenters. The van der Waals surface area contributed by atoms with E-state index in [9.17, 15) is 23.7 Å². The summed E-state index contributed by atoms with van der Waals surface area (Å²) in [5.74, 6) is 0.528. The van der Waals surface area contributed by atoms with Crippen LogP contribution in [0.2, 0.25) is 0 Å². The maximum Gasteiger partial charge on any atom is 0.479 e. The van der Waals surface area contributed by atoms with Crippen LogP contribution in [0.3, 0.4) is 0 Å². The van der Waals surface area contributed by atoms with Crippen molar-refractivity contribution < 1.29 is 42.0 Å². The third-order valence-corrected chi connectivity index (χ3v) is 10.9. The number of phosphoric ester groups is 1. The van der Waals surface area contributed by atoms with Crippen LogP contribution < -0.4 is 11.4 Å². The van der Waals surface area contributed by atoms with Crippen LogP contribution in [0.25, 0.3) is 0 Å². The van der Waals surface area contributed by atoms with Gasteiger partial charge in [-0.2, -0.15) is 4.98 Å². The van der Waals surface area contributed by atoms with Gasteiger partial charge in [0, 0.05) is 25.2 Å². The van der Waals surface area contributed by atoms with Crippen molar-refractivity contribution >= 4 is 33.0 Å². The van der Waals surface area contributed by atoms with Gasteiger partial charge in [-0.1, -0.05) is 90.4 Å². The number of hydrogen-bond acceptors (Lipinski definition) is 11. The fourth-order valence-electron chi connectivity index (χ4n) is 4.64. The summed E-state index contributed by atoms with van der Waals surface area (Å²) in [4.78, 5) is 35.4. The van der Waals surface area contributed by atoms with Gasteiger partial charge < -0.3 is 29.7 Å². The second-order valence-corrected chi connectivity index (χ2v) is 15.6. The van der Waals surface area contributed by atoms with E-state index >= 15 is 0 Å². The van der Waals surface area contributed by atoms with Gasteiger partial charge in [-0.05, 0) is 18.9 Å². The van der Waals surface area contributed by atoms with Crippen molar-refractivity contribution in [1.29, 1.82) is 0 Å². The molecule has 4 N–H and O–H groups in total. The minimum atomic E-state index is -4.77. The number of phosphoric acid groups is 1. The van der Waals surface area contributed by atoms with Crippen LogP contribution >= 0.6 is 27.2 Å². The molecule has 0 aromatic carbocycles. The third kappa shape index (κ3) is 18.4. The molecule has 0 aliphatic carbocycles. The van der Waals surface area contributed by atoms with Gasteiger partial charge in [0.15, 0.2) is 0 Å². The number of hydrogen-bond donors (Lipinski definition) is 3. The Morgan fingerprint density at radius 2 is 1.52 bits per heavy atom. The van der Waals surface area contributed by atoms with Crippen LogP contribution in [0.4, 0.5) is 5.82 Å². The van der Waals surface area contributed by atoms with Gasteiger partial charge in [0.25, 0.3) is 0 Å². The highest BCUT2D eigenvalue weighted by Crippen LogP contribution is 2.59. The highest BCUT2D eigenvalue weighted by Gasteiger charge is 2.35. The van der Waals surface area contributed by atoms with Crippen molar-refractivity contribution in [3.8, 4) is 0 Å². The number of nitrogens with two attached hydrogens (primary N) is 1. The average molecular weight is 686 g/mol. The minimum Gasteiger partial charge on any atom is -0.383 e. The first kappa shape index (κ1) is 39.4. The molecular weight excluding hydrogens is 632 g/mol. The zero-order chi connectivity index (χ0) is 32.1. The van der Waals surface area contributed by atoms with E-state index in [1.165, 1.54) is 106 Å². The predicted molar refractivity (Wildman–Crippen MR) is 173 cm³/mol. The van der Waals surface area contributed by atoms with Crippen molar-refractivity contribution in [2.24, 2.45) is 0 Å². The Kier molecular flexibility index (Phi) is 20.3. The highest BCUT2D eigenvalue weighted by atomic mass is 32.2. The summed E-state index contributed by atoms with van der Waals surface area (Å²) in [6.45, 7) is 2.93. The van der Waals surface area contributed by atoms with Gasteiger partial charge in [-0.15, -0.1) is 11.8 Å². The first-order valence-electron chi connectivity index (χ1n) is 15.9. The fourth-order valence-corrected chi connectivity index (χ4v) is 8.02. The molecule has 1 saturated heterocycles. The molecule has 1 fully saturated rings. The Balaban J connectivity index is 1.42. The number of thioether (sulfide) groups is 1. The van der Waals surface area contributed by atoms with E-state index in [1.807, 2.05) is 0 Å². The summed E-state index contributed by atoms with van der Waals surface area (Å²) in [5.41, 5.74) is 4.40. The smallest absolute Gasteiger partial charge is 0.383 e. The Morgan fingerprint density at radius 3 is 2.14 bits per heavy atom. The van der Waals surface area contributed by atoms with E-state index in [2.05, 4.69) is 16.2 Å². The maximum absolute atomic E-state index is 12.2. The lowest BCUT2D eigenvalue weighted by Crippen LogP contribution is -2.28. The Hall–Kier alpha value is -0.790. The lowest BCUT2D eigenvalue weighted by Gasteiger charge is -2.18. The predicted octanol–water partition coefficient (Wildman–Crippen LogP) is 6.59. The fraction of sp³-hybridized carbons (Fsp3) is 0.857. The Morgan fingerprint density at radius 1 is 0.932 bits per heavy atom. The molecule has 13 nitrogen and oxygen atoms in total. The zero-order valence-corrected chi connectivity index (χ0v) is 28.7. The summed E-state index contributed by atoms with van der Waals surface area (Å²) >= 11 is 1.33. The Labute approximate surface area is 266 Å². The van der Waals surface area contributed by atoms with Crippen molar-refractivity contribution in [3.05, 3.63) is 22.7 Å². The van der Waals surface area contributed by atoms with E-state index in [0.29, 0.717) is 25.4 Å². The SMILES string of the molecule is CCCCCCCCCCCCCCCCOCCCOP(=O)(O)OP(=O)(O)COC[C@H]1O[C@@H](n2ccc(N)nc2=O)CS1. The topological polar surface area (TPSA) is 182 Å². The van der Waals surface area contributed by atoms with Gasteiger partial charge in [0.2, 0.25) is 0 Å². The lowest BCUT2D eigenvalue weighted by molar-refractivity contribution is -0.0195. The van der Waals surface area contributed by atoms with Crippen molar-refractivity contribution in [3.63, 3.8) is 0 Å². The number of anilines is 1. The van der Waals surface area contributed by atoms with E-state index in [0.717, 1.165) is 12.8 Å². The van der Waals surface area contributed by atoms with Crippen molar-refractivity contribution in [1.82, 2.24) is 9.55 Å². The van der Waals surface area contributed by atoms with Crippen LogP contribution in [0.5, 0.6) is 0 Å². The number of aromatic nitrogens is 2. The molecule has 0 spiro atoms. The van der Waals surface area contributed by atoms with E-state index in [4.69, 9.17) is 24.5 Å². The standard InChI is InChI=1S/C28H53N3O10P2S/c1-2-3-4-5-6-7-8-9-10-11-12-13-14-15-19-37-20-16-21-39-43(35,36)41-42(33,34)24-38-22-27-40-26(23-44-27)31-18-17-25(29)30-28(31)32/h17-18,26-27H,2-16,19-24H2,1H3,(H,33,34)(H,35,36)(H2,29,30,32)/t26-,27+/m1/s1. The maximum atomic E-state index is 12.2. The number of unbranched alkanes of at least 4 members (excludes halogenated alkanes) is 13. The van der Waals surface area contributed by atoms with Crippen LogP contribution in [0, 0.1) is 0 Å². The molecule has 2 unspecified atom stereocenters. The summed E-state index contributed by atoms with van der Waals surface area (Å²) in [7, 11) is -9.36. The normalized spacial score (nSPS) is 19.6. The van der Waals surface area contributed by atoms with Crippen LogP contribution in [0.15, 0.2) is 17.1 Å². The molecule has 0 amide bonds. The zero-order valence-electron chi connectivity index (χ0n) is 26.1. The molecular formula is C28H53N3O10P2S. The average Bonchev–Trinajstić information content (AvgIpc) is 3.42. The molecule has 1 aromatic rings. The number of nitrogen functional groups attached to an aromatic ring is 1. The van der Waals surface area contributed by atoms with Crippen LogP contribution in [-0.2, 0) is 32.2 Å². The van der Waals surface area contributed by atoms with E-state index < -0.39 is 39.1 Å². The molecule has 1 aliphatic heterocycles. The minimum absolute atomic E-state index is 0.101. The molecule has 1 aliphatic rings. The lowest BCUT2D eigenvalue weighted by atomic mass is 10.0. The second kappa shape index (κ2) is 22.7. The van der Waals surface area contributed by atoms with E-state index in [-0.39, 0.29) is 19.0 Å². The number of ether oxygens (including phenoxy) is 3. The van der Waals surface area contributed by atoms with Gasteiger partial charge in [-0.25, -0.2) is 13.7 Å². The molecule has 2 rings (SSSR count). The molecule has 256 valence electrons. The second-order valence-electron chi connectivity index (χ2n) is 11.0. The molecule has 1 aromatic heterocycles. The molecule has 44 heavy (non-hydrogen) atoms. The summed E-state index contributed by atoms with van der Waals surface area (Å²) in [5, 5.41) is 0. The van der Waals surface area contributed by atoms with Gasteiger partial charge in [-0.3, -0.25) is 13.7 Å². The van der Waals surface area contributed by atoms with E-state index in [1.54, 1.807) is 0 Å². The van der Waals surface area contributed by atoms with Crippen LogP contribution in [-0.4, -0.2) is 63.3 Å². The monoisotopic (exact) mass is 685 g/mol. The first-order chi connectivity index (χ1) is 21.1. The molecule has 16 heteroatoms. The van der Waals surface area contributed by atoms with Gasteiger partial charge in [0.05, 0.1) is 13.2 Å². The summed E-state index contributed by atoms with van der Waals surface area (Å²) < 4.78 is 51.3. The van der Waals surface area contributed by atoms with Gasteiger partial charge in [0.1, 0.15) is 23.8 Å². The van der Waals surface area contributed by atoms with Gasteiger partial charge >= 0.3 is 21.1 Å². The molecule has 2 heterocycles. The Bertz CT molecular complexity index is 1070. The molecule has 0 bridgehead atoms. The third-order valence-electron chi connectivity index (χ3n) is 6.96. The van der Waals surface area contributed by atoms with Crippen LogP contribution in [0.1, 0.15) is 109 Å². The highest BCUT2D eigenvalue weighted by molar-refractivity contribution is 8.00. The number of rotatable bonds is 27. The summed E-state index contributed by atoms with van der Waals surface area (Å²) in [6.07, 6.45) is 18.5. The largest absolute Gasteiger partial charge is 0.479 e.